The van der Waals surface area contributed by atoms with Gasteiger partial charge in [0.15, 0.2) is 0 Å². The van der Waals surface area contributed by atoms with Crippen LogP contribution in [0.15, 0.2) is 48.8 Å². The lowest BCUT2D eigenvalue weighted by Crippen LogP contribution is -2.27. The number of hydrogen-bond donors (Lipinski definition) is 3. The third-order valence-electron chi connectivity index (χ3n) is 4.91. The fraction of sp³-hybridized carbons (Fsp3) is 0.250. The highest BCUT2D eigenvalue weighted by molar-refractivity contribution is 6.07. The monoisotopic (exact) mass is 347 g/mol. The van der Waals surface area contributed by atoms with Gasteiger partial charge in [-0.1, -0.05) is 30.3 Å². The Morgan fingerprint density at radius 1 is 1.19 bits per heavy atom. The summed E-state index contributed by atoms with van der Waals surface area (Å²) in [6.07, 6.45) is 1.48. The molecule has 6 heteroatoms. The first-order valence-electron chi connectivity index (χ1n) is 8.71. The van der Waals surface area contributed by atoms with Gasteiger partial charge in [0.2, 0.25) is 0 Å². The van der Waals surface area contributed by atoms with Crippen LogP contribution in [-0.2, 0) is 0 Å². The van der Waals surface area contributed by atoms with E-state index < -0.39 is 5.91 Å². The van der Waals surface area contributed by atoms with Crippen LogP contribution in [0.3, 0.4) is 0 Å². The number of rotatable bonds is 4. The molecule has 2 unspecified atom stereocenters. The maximum atomic E-state index is 11.8. The number of carbonyl (C=O) groups excluding carboxylic acids is 1. The summed E-state index contributed by atoms with van der Waals surface area (Å²) in [5.41, 5.74) is 8.79. The molecule has 3 aromatic rings. The standard InChI is InChI=1S/C20H21N5O/c1-12-7-14(19(21)26)18-15(8-12)20(24-11-23-18)25-17-10-22-9-16(17)13-5-3-2-4-6-13/h2-8,11,16-17,22H,9-10H2,1H3,(H2,21,26)(H,23,24,25). The van der Waals surface area contributed by atoms with Crippen molar-refractivity contribution >= 4 is 22.6 Å². The zero-order chi connectivity index (χ0) is 18.1. The Kier molecular flexibility index (Phi) is 4.26. The Balaban J connectivity index is 1.72. The molecule has 4 N–H and O–H groups in total. The quantitative estimate of drug-likeness (QED) is 0.673. The molecule has 0 saturated carbocycles. The summed E-state index contributed by atoms with van der Waals surface area (Å²) in [5, 5.41) is 7.83. The molecule has 2 heterocycles. The molecule has 1 saturated heterocycles. The second-order valence-corrected chi connectivity index (χ2v) is 6.72. The molecular formula is C20H21N5O. The molecule has 132 valence electrons. The van der Waals surface area contributed by atoms with Gasteiger partial charge in [-0.2, -0.15) is 0 Å². The first-order valence-corrected chi connectivity index (χ1v) is 8.71. The number of nitrogens with one attached hydrogen (secondary N) is 2. The molecular weight excluding hydrogens is 326 g/mol. The Labute approximate surface area is 151 Å². The molecule has 0 spiro atoms. The van der Waals surface area contributed by atoms with Crippen LogP contribution in [0.2, 0.25) is 0 Å². The van der Waals surface area contributed by atoms with Gasteiger partial charge < -0.3 is 16.4 Å². The molecule has 26 heavy (non-hydrogen) atoms. The zero-order valence-electron chi connectivity index (χ0n) is 14.6. The molecule has 4 rings (SSSR count). The maximum absolute atomic E-state index is 11.8. The summed E-state index contributed by atoms with van der Waals surface area (Å²) in [5.74, 6) is 0.602. The molecule has 0 aliphatic carbocycles. The number of primary amides is 1. The molecule has 1 aliphatic heterocycles. The van der Waals surface area contributed by atoms with E-state index in [2.05, 4.69) is 44.9 Å². The number of aryl methyl sites for hydroxylation is 1. The van der Waals surface area contributed by atoms with Gasteiger partial charge in [0.25, 0.3) is 5.91 Å². The summed E-state index contributed by atoms with van der Waals surface area (Å²) in [7, 11) is 0. The number of hydrogen-bond acceptors (Lipinski definition) is 5. The van der Waals surface area contributed by atoms with Crippen LogP contribution in [-0.4, -0.2) is 35.0 Å². The number of carbonyl (C=O) groups is 1. The molecule has 2 aromatic carbocycles. The second-order valence-electron chi connectivity index (χ2n) is 6.72. The van der Waals surface area contributed by atoms with E-state index >= 15 is 0 Å². The van der Waals surface area contributed by atoms with Crippen LogP contribution in [0.25, 0.3) is 10.9 Å². The fourth-order valence-corrected chi connectivity index (χ4v) is 3.67. The third-order valence-corrected chi connectivity index (χ3v) is 4.91. The van der Waals surface area contributed by atoms with E-state index in [9.17, 15) is 4.79 Å². The van der Waals surface area contributed by atoms with E-state index in [1.807, 2.05) is 19.1 Å². The van der Waals surface area contributed by atoms with Gasteiger partial charge in [0.1, 0.15) is 12.1 Å². The summed E-state index contributed by atoms with van der Waals surface area (Å²) in [6.45, 7) is 3.70. The smallest absolute Gasteiger partial charge is 0.250 e. The van der Waals surface area contributed by atoms with Crippen molar-refractivity contribution in [3.63, 3.8) is 0 Å². The van der Waals surface area contributed by atoms with Gasteiger partial charge in [-0.15, -0.1) is 0 Å². The largest absolute Gasteiger partial charge is 0.366 e. The predicted octanol–water partition coefficient (Wildman–Crippen LogP) is 2.20. The fourth-order valence-electron chi connectivity index (χ4n) is 3.67. The van der Waals surface area contributed by atoms with Gasteiger partial charge in [0, 0.05) is 30.4 Å². The second kappa shape index (κ2) is 6.72. The molecule has 1 aliphatic rings. The van der Waals surface area contributed by atoms with Gasteiger partial charge in [-0.3, -0.25) is 4.79 Å². The van der Waals surface area contributed by atoms with Crippen molar-refractivity contribution in [2.45, 2.75) is 18.9 Å². The van der Waals surface area contributed by atoms with Crippen molar-refractivity contribution in [2.24, 2.45) is 5.73 Å². The molecule has 1 aromatic heterocycles. The number of nitrogens with two attached hydrogens (primary N) is 1. The van der Waals surface area contributed by atoms with Crippen LogP contribution in [0.4, 0.5) is 5.82 Å². The highest BCUT2D eigenvalue weighted by atomic mass is 16.1. The van der Waals surface area contributed by atoms with E-state index in [0.29, 0.717) is 17.0 Å². The van der Waals surface area contributed by atoms with Crippen molar-refractivity contribution in [1.82, 2.24) is 15.3 Å². The lowest BCUT2D eigenvalue weighted by atomic mass is 9.94. The minimum absolute atomic E-state index is 0.202. The number of anilines is 1. The molecule has 6 nitrogen and oxygen atoms in total. The molecule has 0 bridgehead atoms. The zero-order valence-corrected chi connectivity index (χ0v) is 14.6. The normalized spacial score (nSPS) is 19.6. The molecule has 1 amide bonds. The minimum atomic E-state index is -0.479. The van der Waals surface area contributed by atoms with Gasteiger partial charge in [-0.05, 0) is 30.2 Å². The number of fused-ring (bicyclic) bond motifs is 1. The maximum Gasteiger partial charge on any atom is 0.250 e. The van der Waals surface area contributed by atoms with Crippen molar-refractivity contribution in [3.05, 3.63) is 65.5 Å². The van der Waals surface area contributed by atoms with Crippen LogP contribution in [0.1, 0.15) is 27.4 Å². The average molecular weight is 347 g/mol. The van der Waals surface area contributed by atoms with E-state index in [0.717, 1.165) is 29.9 Å². The van der Waals surface area contributed by atoms with Gasteiger partial charge in [0.05, 0.1) is 11.1 Å². The van der Waals surface area contributed by atoms with E-state index in [-0.39, 0.29) is 6.04 Å². The summed E-state index contributed by atoms with van der Waals surface area (Å²) < 4.78 is 0. The minimum Gasteiger partial charge on any atom is -0.366 e. The molecule has 1 fully saturated rings. The Morgan fingerprint density at radius 2 is 2.00 bits per heavy atom. The first-order chi connectivity index (χ1) is 12.6. The van der Waals surface area contributed by atoms with Crippen molar-refractivity contribution in [3.8, 4) is 0 Å². The van der Waals surface area contributed by atoms with Crippen molar-refractivity contribution in [2.75, 3.05) is 18.4 Å². The highest BCUT2D eigenvalue weighted by Crippen LogP contribution is 2.29. The van der Waals surface area contributed by atoms with Crippen molar-refractivity contribution in [1.29, 1.82) is 0 Å². The Morgan fingerprint density at radius 3 is 2.77 bits per heavy atom. The summed E-state index contributed by atoms with van der Waals surface area (Å²) in [4.78, 5) is 20.5. The average Bonchev–Trinajstić information content (AvgIpc) is 3.10. The van der Waals surface area contributed by atoms with Crippen molar-refractivity contribution < 1.29 is 4.79 Å². The van der Waals surface area contributed by atoms with E-state index in [1.165, 1.54) is 11.9 Å². The number of benzene rings is 2. The van der Waals surface area contributed by atoms with Gasteiger partial charge >= 0.3 is 0 Å². The van der Waals surface area contributed by atoms with Crippen LogP contribution < -0.4 is 16.4 Å². The predicted molar refractivity (Wildman–Crippen MR) is 102 cm³/mol. The van der Waals surface area contributed by atoms with Crippen LogP contribution >= 0.6 is 0 Å². The van der Waals surface area contributed by atoms with E-state index in [4.69, 9.17) is 5.73 Å². The Hall–Kier alpha value is -2.99. The third kappa shape index (κ3) is 2.99. The highest BCUT2D eigenvalue weighted by Gasteiger charge is 2.29. The SMILES string of the molecule is Cc1cc(C(N)=O)c2ncnc(NC3CNCC3c3ccccc3)c2c1. The lowest BCUT2D eigenvalue weighted by molar-refractivity contribution is 0.100. The number of aromatic nitrogens is 2. The van der Waals surface area contributed by atoms with Gasteiger partial charge in [-0.25, -0.2) is 9.97 Å². The van der Waals surface area contributed by atoms with E-state index in [1.54, 1.807) is 6.07 Å². The Bertz CT molecular complexity index is 957. The molecule has 2 atom stereocenters. The number of amides is 1. The van der Waals surface area contributed by atoms with Crippen LogP contribution in [0, 0.1) is 6.92 Å². The topological polar surface area (TPSA) is 92.9 Å². The number of nitrogens with zero attached hydrogens (tertiary/aromatic N) is 2. The lowest BCUT2D eigenvalue weighted by Gasteiger charge is -2.22. The van der Waals surface area contributed by atoms with Crippen LogP contribution in [0.5, 0.6) is 0 Å². The summed E-state index contributed by atoms with van der Waals surface area (Å²) in [6, 6.07) is 14.4. The molecule has 0 radical (unpaired) electrons. The summed E-state index contributed by atoms with van der Waals surface area (Å²) >= 11 is 0. The first kappa shape index (κ1) is 16.5.